The van der Waals surface area contributed by atoms with Crippen molar-refractivity contribution in [2.75, 3.05) is 5.32 Å². The van der Waals surface area contributed by atoms with Crippen LogP contribution in [0.15, 0.2) is 18.5 Å². The van der Waals surface area contributed by atoms with Gasteiger partial charge in [0.1, 0.15) is 0 Å². The zero-order chi connectivity index (χ0) is 9.47. The van der Waals surface area contributed by atoms with Crippen LogP contribution in [0.5, 0.6) is 0 Å². The van der Waals surface area contributed by atoms with E-state index in [4.69, 9.17) is 11.6 Å². The summed E-state index contributed by atoms with van der Waals surface area (Å²) in [6, 6.07) is 2.48. The molecule has 2 nitrogen and oxygen atoms in total. The fourth-order valence-corrected chi connectivity index (χ4v) is 1.57. The maximum absolute atomic E-state index is 5.96. The van der Waals surface area contributed by atoms with E-state index in [2.05, 4.69) is 24.1 Å². The van der Waals surface area contributed by atoms with Crippen LogP contribution in [0.1, 0.15) is 20.3 Å². The molecule has 0 aromatic carbocycles. The van der Waals surface area contributed by atoms with Gasteiger partial charge in [-0.3, -0.25) is 4.98 Å². The Bertz CT molecular complexity index is 322. The van der Waals surface area contributed by atoms with E-state index in [9.17, 15) is 0 Å². The van der Waals surface area contributed by atoms with Gasteiger partial charge in [-0.05, 0) is 17.9 Å². The first-order valence-corrected chi connectivity index (χ1v) is 4.83. The van der Waals surface area contributed by atoms with Crippen LogP contribution in [-0.2, 0) is 0 Å². The fourth-order valence-electron chi connectivity index (χ4n) is 1.39. The molecule has 2 rings (SSSR count). The number of hydrogen-bond donors (Lipinski definition) is 1. The van der Waals surface area contributed by atoms with Crippen LogP contribution in [0, 0.1) is 5.41 Å². The summed E-state index contributed by atoms with van der Waals surface area (Å²) >= 11 is 5.96. The minimum Gasteiger partial charge on any atom is -0.380 e. The molecular weight excluding hydrogens is 184 g/mol. The number of hydrogen-bond acceptors (Lipinski definition) is 2. The van der Waals surface area contributed by atoms with Crippen LogP contribution < -0.4 is 5.32 Å². The zero-order valence-corrected chi connectivity index (χ0v) is 8.60. The molecule has 1 aliphatic rings. The summed E-state index contributed by atoms with van der Waals surface area (Å²) in [4.78, 5) is 3.94. The smallest absolute Gasteiger partial charge is 0.0820 e. The molecule has 1 aliphatic carbocycles. The second kappa shape index (κ2) is 2.88. The van der Waals surface area contributed by atoms with Gasteiger partial charge in [-0.1, -0.05) is 25.4 Å². The summed E-state index contributed by atoms with van der Waals surface area (Å²) in [6.45, 7) is 4.50. The molecule has 0 amide bonds. The third kappa shape index (κ3) is 1.78. The van der Waals surface area contributed by atoms with Crippen molar-refractivity contribution in [1.82, 2.24) is 4.98 Å². The molecule has 1 heterocycles. The Hall–Kier alpha value is -0.760. The minimum atomic E-state index is 0.423. The third-order valence-electron chi connectivity index (χ3n) is 2.62. The Morgan fingerprint density at radius 1 is 1.62 bits per heavy atom. The highest BCUT2D eigenvalue weighted by molar-refractivity contribution is 6.33. The average Bonchev–Trinajstić information content (AvgIpc) is 2.64. The topological polar surface area (TPSA) is 24.9 Å². The Labute approximate surface area is 83.3 Å². The molecular formula is C10H13ClN2. The highest BCUT2D eigenvalue weighted by Gasteiger charge is 2.45. The van der Waals surface area contributed by atoms with Crippen LogP contribution in [0.25, 0.3) is 0 Å². The molecule has 1 N–H and O–H groups in total. The minimum absolute atomic E-state index is 0.423. The van der Waals surface area contributed by atoms with Gasteiger partial charge in [0.25, 0.3) is 0 Å². The predicted molar refractivity (Wildman–Crippen MR) is 55.1 cm³/mol. The lowest BCUT2D eigenvalue weighted by Gasteiger charge is -2.08. The predicted octanol–water partition coefficient (Wildman–Crippen LogP) is 2.95. The molecule has 0 radical (unpaired) electrons. The third-order valence-corrected chi connectivity index (χ3v) is 2.92. The van der Waals surface area contributed by atoms with E-state index in [1.807, 2.05) is 6.07 Å². The summed E-state index contributed by atoms with van der Waals surface area (Å²) in [5, 5.41) is 4.10. The van der Waals surface area contributed by atoms with E-state index in [0.717, 1.165) is 5.69 Å². The molecule has 13 heavy (non-hydrogen) atoms. The van der Waals surface area contributed by atoms with Crippen LogP contribution in [0.3, 0.4) is 0 Å². The van der Waals surface area contributed by atoms with Gasteiger partial charge < -0.3 is 5.32 Å². The number of halogens is 1. The first-order valence-electron chi connectivity index (χ1n) is 4.46. The quantitative estimate of drug-likeness (QED) is 0.787. The van der Waals surface area contributed by atoms with Crippen molar-refractivity contribution in [3.05, 3.63) is 23.5 Å². The van der Waals surface area contributed by atoms with Gasteiger partial charge in [-0.15, -0.1) is 0 Å². The molecule has 1 unspecified atom stereocenters. The number of pyridine rings is 1. The largest absolute Gasteiger partial charge is 0.380 e. The average molecular weight is 197 g/mol. The summed E-state index contributed by atoms with van der Waals surface area (Å²) < 4.78 is 0. The van der Waals surface area contributed by atoms with Gasteiger partial charge in [0.05, 0.1) is 10.7 Å². The Balaban J connectivity index is 2.07. The second-order valence-electron chi connectivity index (χ2n) is 4.25. The molecule has 1 fully saturated rings. The lowest BCUT2D eigenvalue weighted by Crippen LogP contribution is -2.08. The van der Waals surface area contributed by atoms with Gasteiger partial charge in [0.15, 0.2) is 0 Å². The Kier molecular flexibility index (Phi) is 1.95. The van der Waals surface area contributed by atoms with E-state index in [0.29, 0.717) is 16.5 Å². The summed E-state index contributed by atoms with van der Waals surface area (Å²) in [7, 11) is 0. The van der Waals surface area contributed by atoms with E-state index >= 15 is 0 Å². The van der Waals surface area contributed by atoms with E-state index in [-0.39, 0.29) is 0 Å². The molecule has 70 valence electrons. The zero-order valence-electron chi connectivity index (χ0n) is 7.84. The Morgan fingerprint density at radius 2 is 2.31 bits per heavy atom. The maximum Gasteiger partial charge on any atom is 0.0820 e. The Morgan fingerprint density at radius 3 is 2.85 bits per heavy atom. The van der Waals surface area contributed by atoms with Crippen molar-refractivity contribution in [3.8, 4) is 0 Å². The van der Waals surface area contributed by atoms with E-state index in [1.54, 1.807) is 12.4 Å². The van der Waals surface area contributed by atoms with E-state index < -0.39 is 0 Å². The summed E-state index contributed by atoms with van der Waals surface area (Å²) in [6.07, 6.45) is 4.63. The van der Waals surface area contributed by atoms with Gasteiger partial charge in [0, 0.05) is 18.4 Å². The molecule has 0 aliphatic heterocycles. The van der Waals surface area contributed by atoms with Crippen LogP contribution in [0.4, 0.5) is 5.69 Å². The van der Waals surface area contributed by atoms with Gasteiger partial charge in [-0.2, -0.15) is 0 Å². The molecule has 0 bridgehead atoms. The highest BCUT2D eigenvalue weighted by atomic mass is 35.5. The fraction of sp³-hybridized carbons (Fsp3) is 0.500. The molecule has 3 heteroatoms. The highest BCUT2D eigenvalue weighted by Crippen LogP contribution is 2.47. The number of aromatic nitrogens is 1. The molecule has 1 aromatic rings. The first kappa shape index (κ1) is 8.82. The van der Waals surface area contributed by atoms with Gasteiger partial charge in [-0.25, -0.2) is 0 Å². The standard InChI is InChI=1S/C10H13ClN2/c1-10(2)5-9(10)13-8-3-4-12-6-7(8)11/h3-4,6,9H,5H2,1-2H3,(H,12,13). The first-order chi connectivity index (χ1) is 6.09. The lowest BCUT2D eigenvalue weighted by atomic mass is 10.2. The van der Waals surface area contributed by atoms with Gasteiger partial charge in [0.2, 0.25) is 0 Å². The van der Waals surface area contributed by atoms with Crippen molar-refractivity contribution < 1.29 is 0 Å². The SMILES string of the molecule is CC1(C)CC1Nc1ccncc1Cl. The molecule has 0 spiro atoms. The number of rotatable bonds is 2. The van der Waals surface area contributed by atoms with E-state index in [1.165, 1.54) is 6.42 Å². The number of nitrogens with zero attached hydrogens (tertiary/aromatic N) is 1. The molecule has 0 saturated heterocycles. The van der Waals surface area contributed by atoms with Crippen molar-refractivity contribution in [3.63, 3.8) is 0 Å². The normalized spacial score (nSPS) is 24.1. The summed E-state index contributed by atoms with van der Waals surface area (Å²) in [5.41, 5.74) is 1.42. The van der Waals surface area contributed by atoms with Crippen molar-refractivity contribution in [1.29, 1.82) is 0 Å². The van der Waals surface area contributed by atoms with Crippen molar-refractivity contribution in [2.24, 2.45) is 5.41 Å². The number of anilines is 1. The number of nitrogens with one attached hydrogen (secondary N) is 1. The molecule has 1 aromatic heterocycles. The van der Waals surface area contributed by atoms with Crippen LogP contribution in [0.2, 0.25) is 5.02 Å². The van der Waals surface area contributed by atoms with Crippen LogP contribution >= 0.6 is 11.6 Å². The monoisotopic (exact) mass is 196 g/mol. The van der Waals surface area contributed by atoms with Gasteiger partial charge >= 0.3 is 0 Å². The maximum atomic E-state index is 5.96. The lowest BCUT2D eigenvalue weighted by molar-refractivity contribution is 0.630. The molecule has 1 atom stereocenters. The van der Waals surface area contributed by atoms with Crippen LogP contribution in [-0.4, -0.2) is 11.0 Å². The second-order valence-corrected chi connectivity index (χ2v) is 4.65. The molecule has 1 saturated carbocycles. The summed E-state index contributed by atoms with van der Waals surface area (Å²) in [5.74, 6) is 0. The van der Waals surface area contributed by atoms with Crippen molar-refractivity contribution in [2.45, 2.75) is 26.3 Å². The van der Waals surface area contributed by atoms with Crippen molar-refractivity contribution >= 4 is 17.3 Å².